The van der Waals surface area contributed by atoms with Gasteiger partial charge in [0.1, 0.15) is 11.6 Å². The highest BCUT2D eigenvalue weighted by Gasteiger charge is 2.29. The monoisotopic (exact) mass is 544 g/mol. The van der Waals surface area contributed by atoms with E-state index < -0.39 is 11.5 Å². The van der Waals surface area contributed by atoms with E-state index in [1.807, 2.05) is 36.1 Å². The van der Waals surface area contributed by atoms with Gasteiger partial charge in [-0.2, -0.15) is 4.98 Å². The molecule has 39 heavy (non-hydrogen) atoms. The van der Waals surface area contributed by atoms with Crippen molar-refractivity contribution in [1.29, 1.82) is 0 Å². The number of anilines is 1. The van der Waals surface area contributed by atoms with Gasteiger partial charge in [0.25, 0.3) is 0 Å². The Morgan fingerprint density at radius 2 is 1.82 bits per heavy atom. The molecular weight excluding hydrogens is 515 g/mol. The molecule has 0 spiro atoms. The number of amides is 1. The summed E-state index contributed by atoms with van der Waals surface area (Å²) in [6, 6.07) is 17.6. The largest absolute Gasteiger partial charge is 0.354 e. The van der Waals surface area contributed by atoms with Crippen LogP contribution < -0.4 is 10.6 Å². The second-order valence-corrected chi connectivity index (χ2v) is 10.5. The first kappa shape index (κ1) is 26.6. The molecule has 1 aromatic heterocycles. The van der Waals surface area contributed by atoms with Crippen LogP contribution in [0.1, 0.15) is 32.3 Å². The molecule has 200 valence electrons. The van der Waals surface area contributed by atoms with Crippen molar-refractivity contribution in [2.45, 2.75) is 32.7 Å². The first-order chi connectivity index (χ1) is 18.7. The number of piperazine rings is 1. The number of benzene rings is 3. The summed E-state index contributed by atoms with van der Waals surface area (Å²) in [5.74, 6) is 0.115. The van der Waals surface area contributed by atoms with Crippen molar-refractivity contribution >= 4 is 34.2 Å². The zero-order valence-corrected chi connectivity index (χ0v) is 23.0. The van der Waals surface area contributed by atoms with Gasteiger partial charge in [-0.3, -0.25) is 9.36 Å². The maximum atomic E-state index is 14.9. The van der Waals surface area contributed by atoms with Gasteiger partial charge in [0.2, 0.25) is 5.91 Å². The summed E-state index contributed by atoms with van der Waals surface area (Å²) in [6.45, 7) is 11.2. The molecule has 6 nitrogen and oxygen atoms in total. The maximum absolute atomic E-state index is 14.9. The summed E-state index contributed by atoms with van der Waals surface area (Å²) in [4.78, 5) is 34.4. The van der Waals surface area contributed by atoms with E-state index >= 15 is 0 Å². The molecule has 0 saturated carbocycles. The Balaban J connectivity index is 1.78. The lowest BCUT2D eigenvalue weighted by Gasteiger charge is -2.40. The number of rotatable bonds is 5. The van der Waals surface area contributed by atoms with Crippen LogP contribution in [-0.2, 0) is 4.79 Å². The van der Waals surface area contributed by atoms with E-state index in [0.717, 1.165) is 11.3 Å². The minimum Gasteiger partial charge on any atom is -0.350 e. The highest BCUT2D eigenvalue weighted by Crippen LogP contribution is 2.38. The number of carbonyl (C=O) groups is 1. The Bertz CT molecular complexity index is 1650. The third-order valence-corrected chi connectivity index (χ3v) is 7.62. The van der Waals surface area contributed by atoms with Crippen LogP contribution in [0, 0.1) is 5.82 Å². The molecule has 0 N–H and O–H groups in total. The number of halogens is 2. The molecule has 1 aliphatic rings. The van der Waals surface area contributed by atoms with Crippen LogP contribution in [0.15, 0.2) is 78.1 Å². The van der Waals surface area contributed by atoms with Crippen LogP contribution in [-0.4, -0.2) is 46.0 Å². The van der Waals surface area contributed by atoms with Crippen molar-refractivity contribution < 1.29 is 9.18 Å². The minimum atomic E-state index is -0.441. The van der Waals surface area contributed by atoms with Gasteiger partial charge in [0.05, 0.1) is 11.2 Å². The highest BCUT2D eigenvalue weighted by atomic mass is 35.5. The molecule has 1 fully saturated rings. The molecule has 1 amide bonds. The van der Waals surface area contributed by atoms with Crippen LogP contribution in [0.5, 0.6) is 0 Å². The van der Waals surface area contributed by atoms with Crippen molar-refractivity contribution in [3.8, 4) is 16.8 Å². The van der Waals surface area contributed by atoms with E-state index in [9.17, 15) is 14.0 Å². The van der Waals surface area contributed by atoms with Crippen LogP contribution in [0.25, 0.3) is 27.7 Å². The SMILES string of the molecule is C=CC(=O)N1CCN(c2nc(=O)n(-c3ccccc3C(C)C)c3cc(-c4ccccc4F)c(Cl)cc23)[C@@H](C)C1. The number of carbonyl (C=O) groups excluding carboxylic acids is 1. The van der Waals surface area contributed by atoms with Crippen molar-refractivity contribution in [3.05, 3.63) is 100 Å². The lowest BCUT2D eigenvalue weighted by Crippen LogP contribution is -2.54. The van der Waals surface area contributed by atoms with Crippen LogP contribution >= 0.6 is 11.6 Å². The Labute approximate surface area is 232 Å². The standard InChI is InChI=1S/C31H30ClFN4O2/c1-5-29(38)35-14-15-36(20(4)18-35)30-24-16-25(32)23(22-11-6-8-12-26(22)33)17-28(24)37(31(39)34-30)27-13-9-7-10-21(27)19(2)3/h5-13,16-17,19-20H,1,14-15,18H2,2-4H3/t20-/m0/s1. The van der Waals surface area contributed by atoms with Gasteiger partial charge < -0.3 is 9.80 Å². The normalized spacial score (nSPS) is 15.7. The van der Waals surface area contributed by atoms with E-state index in [1.165, 1.54) is 12.1 Å². The fourth-order valence-electron chi connectivity index (χ4n) is 5.35. The van der Waals surface area contributed by atoms with Crippen LogP contribution in [0.3, 0.4) is 0 Å². The Hall–Kier alpha value is -3.97. The molecule has 1 aliphatic heterocycles. The number of fused-ring (bicyclic) bond motifs is 1. The predicted octanol–water partition coefficient (Wildman–Crippen LogP) is 6.19. The first-order valence-corrected chi connectivity index (χ1v) is 13.4. The maximum Gasteiger partial charge on any atom is 0.354 e. The van der Waals surface area contributed by atoms with E-state index in [2.05, 4.69) is 25.4 Å². The number of para-hydroxylation sites is 1. The summed E-state index contributed by atoms with van der Waals surface area (Å²) in [5, 5.41) is 1.03. The van der Waals surface area contributed by atoms with E-state index in [4.69, 9.17) is 11.6 Å². The molecule has 8 heteroatoms. The minimum absolute atomic E-state index is 0.110. The fraction of sp³-hybridized carbons (Fsp3) is 0.258. The summed E-state index contributed by atoms with van der Waals surface area (Å²) >= 11 is 6.80. The summed E-state index contributed by atoms with van der Waals surface area (Å²) in [6.07, 6.45) is 1.31. The Morgan fingerprint density at radius 3 is 2.51 bits per heavy atom. The van der Waals surface area contributed by atoms with Gasteiger partial charge in [-0.15, -0.1) is 0 Å². The Morgan fingerprint density at radius 1 is 1.10 bits per heavy atom. The lowest BCUT2D eigenvalue weighted by atomic mass is 9.99. The summed E-state index contributed by atoms with van der Waals surface area (Å²) in [7, 11) is 0. The quantitative estimate of drug-likeness (QED) is 0.281. The second kappa shape index (κ2) is 10.7. The van der Waals surface area contributed by atoms with Crippen molar-refractivity contribution in [3.63, 3.8) is 0 Å². The van der Waals surface area contributed by atoms with Crippen LogP contribution in [0.2, 0.25) is 5.02 Å². The molecule has 1 atom stereocenters. The zero-order chi connectivity index (χ0) is 27.8. The van der Waals surface area contributed by atoms with E-state index in [-0.39, 0.29) is 17.9 Å². The average Bonchev–Trinajstić information content (AvgIpc) is 2.92. The van der Waals surface area contributed by atoms with Gasteiger partial charge in [0.15, 0.2) is 0 Å². The van der Waals surface area contributed by atoms with Crippen molar-refractivity contribution in [2.75, 3.05) is 24.5 Å². The van der Waals surface area contributed by atoms with Gasteiger partial charge in [0, 0.05) is 47.2 Å². The third-order valence-electron chi connectivity index (χ3n) is 7.31. The Kier molecular flexibility index (Phi) is 7.28. The molecule has 0 bridgehead atoms. The number of aromatic nitrogens is 2. The molecule has 3 aromatic carbocycles. The second-order valence-electron chi connectivity index (χ2n) is 10.1. The summed E-state index contributed by atoms with van der Waals surface area (Å²) < 4.78 is 16.5. The van der Waals surface area contributed by atoms with Gasteiger partial charge in [-0.25, -0.2) is 9.18 Å². The predicted molar refractivity (Wildman–Crippen MR) is 155 cm³/mol. The zero-order valence-electron chi connectivity index (χ0n) is 22.2. The highest BCUT2D eigenvalue weighted by molar-refractivity contribution is 6.34. The van der Waals surface area contributed by atoms with E-state index in [1.54, 1.807) is 39.8 Å². The number of hydrogen-bond acceptors (Lipinski definition) is 4. The molecular formula is C31H30ClFN4O2. The van der Waals surface area contributed by atoms with E-state index in [0.29, 0.717) is 52.5 Å². The molecule has 1 saturated heterocycles. The van der Waals surface area contributed by atoms with Gasteiger partial charge in [-0.1, -0.05) is 68.4 Å². The smallest absolute Gasteiger partial charge is 0.350 e. The molecule has 0 aliphatic carbocycles. The molecule has 5 rings (SSSR count). The molecule has 4 aromatic rings. The van der Waals surface area contributed by atoms with Gasteiger partial charge >= 0.3 is 5.69 Å². The average molecular weight is 545 g/mol. The van der Waals surface area contributed by atoms with Crippen LogP contribution in [0.4, 0.5) is 10.2 Å². The summed E-state index contributed by atoms with van der Waals surface area (Å²) in [5.41, 5.74) is 2.69. The fourth-order valence-corrected chi connectivity index (χ4v) is 5.61. The topological polar surface area (TPSA) is 58.4 Å². The molecule has 0 unspecified atom stereocenters. The van der Waals surface area contributed by atoms with Crippen molar-refractivity contribution in [1.82, 2.24) is 14.5 Å². The molecule has 0 radical (unpaired) electrons. The third kappa shape index (κ3) is 4.83. The molecule has 2 heterocycles. The lowest BCUT2D eigenvalue weighted by molar-refractivity contribution is -0.126. The first-order valence-electron chi connectivity index (χ1n) is 13.0. The number of hydrogen-bond donors (Lipinski definition) is 0. The van der Waals surface area contributed by atoms with Crippen molar-refractivity contribution in [2.24, 2.45) is 0 Å². The number of nitrogens with zero attached hydrogens (tertiary/aromatic N) is 4. The van der Waals surface area contributed by atoms with Gasteiger partial charge in [-0.05, 0) is 48.7 Å².